The lowest BCUT2D eigenvalue weighted by atomic mass is 10.1. The molecule has 90 valence electrons. The summed E-state index contributed by atoms with van der Waals surface area (Å²) in [4.78, 5) is 11.3. The second-order valence-corrected chi connectivity index (χ2v) is 3.52. The number of hydrogen-bond donors (Lipinski definition) is 1. The van der Waals surface area contributed by atoms with E-state index in [2.05, 4.69) is 15.2 Å². The van der Waals surface area contributed by atoms with Crippen LogP contribution in [0.25, 0.3) is 0 Å². The van der Waals surface area contributed by atoms with Crippen LogP contribution in [0.2, 0.25) is 0 Å². The number of carbonyl (C=O) groups is 1. The van der Waals surface area contributed by atoms with Crippen molar-refractivity contribution in [2.24, 2.45) is 0 Å². The number of hydrogen-bond acceptors (Lipinski definition) is 4. The third kappa shape index (κ3) is 3.34. The molecule has 0 spiro atoms. The summed E-state index contributed by atoms with van der Waals surface area (Å²) >= 11 is 0. The average Bonchev–Trinajstić information content (AvgIpc) is 2.76. The van der Waals surface area contributed by atoms with Crippen molar-refractivity contribution in [2.75, 3.05) is 13.7 Å². The van der Waals surface area contributed by atoms with Gasteiger partial charge in [-0.2, -0.15) is 5.10 Å². The normalized spacial score (nSPS) is 12.4. The standard InChI is InChI=1S/C11H19N3O2/c1-4-12-10(6-11(15)16-3)9-7-13-14(5-2)8-9/h7-8,10,12H,4-6H2,1-3H3. The smallest absolute Gasteiger partial charge is 0.307 e. The van der Waals surface area contributed by atoms with Gasteiger partial charge in [-0.15, -0.1) is 0 Å². The van der Waals surface area contributed by atoms with Crippen LogP contribution in [0.1, 0.15) is 31.9 Å². The number of nitrogens with zero attached hydrogens (tertiary/aromatic N) is 2. The molecule has 0 fully saturated rings. The first-order valence-electron chi connectivity index (χ1n) is 5.53. The van der Waals surface area contributed by atoms with Gasteiger partial charge in [-0.1, -0.05) is 6.92 Å². The zero-order valence-corrected chi connectivity index (χ0v) is 10.1. The number of carbonyl (C=O) groups excluding carboxylic acids is 1. The van der Waals surface area contributed by atoms with E-state index in [0.717, 1.165) is 18.7 Å². The zero-order valence-electron chi connectivity index (χ0n) is 10.1. The third-order valence-electron chi connectivity index (χ3n) is 2.43. The van der Waals surface area contributed by atoms with Crippen molar-refractivity contribution in [1.82, 2.24) is 15.1 Å². The Labute approximate surface area is 95.8 Å². The molecule has 0 amide bonds. The number of rotatable bonds is 6. The first-order valence-corrected chi connectivity index (χ1v) is 5.53. The summed E-state index contributed by atoms with van der Waals surface area (Å²) < 4.78 is 6.52. The van der Waals surface area contributed by atoms with E-state index in [1.807, 2.05) is 24.7 Å². The first kappa shape index (κ1) is 12.7. The summed E-state index contributed by atoms with van der Waals surface area (Å²) in [5, 5.41) is 7.44. The molecule has 0 aliphatic carbocycles. The molecular weight excluding hydrogens is 206 g/mol. The molecule has 1 rings (SSSR count). The fourth-order valence-electron chi connectivity index (χ4n) is 1.54. The highest BCUT2D eigenvalue weighted by molar-refractivity contribution is 5.70. The van der Waals surface area contributed by atoms with Gasteiger partial charge in [0.05, 0.1) is 19.7 Å². The topological polar surface area (TPSA) is 56.1 Å². The molecule has 1 N–H and O–H groups in total. The molecule has 1 unspecified atom stereocenters. The molecule has 0 bridgehead atoms. The van der Waals surface area contributed by atoms with Gasteiger partial charge in [-0.05, 0) is 13.5 Å². The average molecular weight is 225 g/mol. The van der Waals surface area contributed by atoms with Crippen molar-refractivity contribution < 1.29 is 9.53 Å². The van der Waals surface area contributed by atoms with Crippen LogP contribution in [-0.4, -0.2) is 29.4 Å². The van der Waals surface area contributed by atoms with Gasteiger partial charge in [0.1, 0.15) is 0 Å². The van der Waals surface area contributed by atoms with E-state index in [0.29, 0.717) is 6.42 Å². The van der Waals surface area contributed by atoms with Crippen LogP contribution in [0.3, 0.4) is 0 Å². The predicted octanol–water partition coefficient (Wildman–Crippen LogP) is 1.12. The van der Waals surface area contributed by atoms with E-state index >= 15 is 0 Å². The van der Waals surface area contributed by atoms with E-state index in [9.17, 15) is 4.79 Å². The number of aryl methyl sites for hydroxylation is 1. The lowest BCUT2D eigenvalue weighted by Gasteiger charge is -2.14. The van der Waals surface area contributed by atoms with Gasteiger partial charge in [0.25, 0.3) is 0 Å². The van der Waals surface area contributed by atoms with Crippen molar-refractivity contribution in [3.63, 3.8) is 0 Å². The molecule has 1 aromatic heterocycles. The van der Waals surface area contributed by atoms with E-state index in [-0.39, 0.29) is 12.0 Å². The van der Waals surface area contributed by atoms with Crippen LogP contribution >= 0.6 is 0 Å². The lowest BCUT2D eigenvalue weighted by molar-refractivity contribution is -0.141. The molecule has 0 saturated carbocycles. The van der Waals surface area contributed by atoms with Gasteiger partial charge in [-0.25, -0.2) is 0 Å². The number of esters is 1. The quantitative estimate of drug-likeness (QED) is 0.737. The highest BCUT2D eigenvalue weighted by atomic mass is 16.5. The fourth-order valence-corrected chi connectivity index (χ4v) is 1.54. The maximum absolute atomic E-state index is 11.3. The van der Waals surface area contributed by atoms with Crippen molar-refractivity contribution in [3.8, 4) is 0 Å². The second kappa shape index (κ2) is 6.27. The summed E-state index contributed by atoms with van der Waals surface area (Å²) in [7, 11) is 1.40. The minimum atomic E-state index is -0.213. The van der Waals surface area contributed by atoms with Crippen LogP contribution in [-0.2, 0) is 16.1 Å². The maximum Gasteiger partial charge on any atom is 0.307 e. The molecule has 0 radical (unpaired) electrons. The molecule has 16 heavy (non-hydrogen) atoms. The van der Waals surface area contributed by atoms with Crippen LogP contribution in [0.4, 0.5) is 0 Å². The van der Waals surface area contributed by atoms with Gasteiger partial charge in [0.15, 0.2) is 0 Å². The highest BCUT2D eigenvalue weighted by Crippen LogP contribution is 2.16. The van der Waals surface area contributed by atoms with Crippen molar-refractivity contribution >= 4 is 5.97 Å². The largest absolute Gasteiger partial charge is 0.469 e. The second-order valence-electron chi connectivity index (χ2n) is 3.52. The van der Waals surface area contributed by atoms with Gasteiger partial charge < -0.3 is 10.1 Å². The summed E-state index contributed by atoms with van der Waals surface area (Å²) in [5.74, 6) is -0.213. The van der Waals surface area contributed by atoms with Gasteiger partial charge >= 0.3 is 5.97 Å². The number of methoxy groups -OCH3 is 1. The SMILES string of the molecule is CCNC(CC(=O)OC)c1cnn(CC)c1. The number of ether oxygens (including phenoxy) is 1. The highest BCUT2D eigenvalue weighted by Gasteiger charge is 2.16. The predicted molar refractivity (Wildman–Crippen MR) is 61.0 cm³/mol. The molecule has 0 saturated heterocycles. The molecule has 1 atom stereocenters. The molecule has 0 aromatic carbocycles. The van der Waals surface area contributed by atoms with Crippen molar-refractivity contribution in [1.29, 1.82) is 0 Å². The minimum Gasteiger partial charge on any atom is -0.469 e. The van der Waals surface area contributed by atoms with Crippen LogP contribution in [0, 0.1) is 0 Å². The van der Waals surface area contributed by atoms with Crippen molar-refractivity contribution in [3.05, 3.63) is 18.0 Å². The Kier molecular flexibility index (Phi) is 4.98. The van der Waals surface area contributed by atoms with E-state index in [1.165, 1.54) is 7.11 Å². The summed E-state index contributed by atoms with van der Waals surface area (Å²) in [5.41, 5.74) is 1.02. The van der Waals surface area contributed by atoms with E-state index in [1.54, 1.807) is 6.20 Å². The van der Waals surface area contributed by atoms with Gasteiger partial charge in [0, 0.05) is 24.3 Å². The molecule has 5 nitrogen and oxygen atoms in total. The van der Waals surface area contributed by atoms with Crippen LogP contribution in [0.15, 0.2) is 12.4 Å². The molecule has 5 heteroatoms. The monoisotopic (exact) mass is 225 g/mol. The molecule has 0 aliphatic rings. The molecule has 1 aromatic rings. The Morgan fingerprint density at radius 3 is 2.88 bits per heavy atom. The van der Waals surface area contributed by atoms with Crippen LogP contribution in [0.5, 0.6) is 0 Å². The van der Waals surface area contributed by atoms with Gasteiger partial charge in [-0.3, -0.25) is 9.48 Å². The third-order valence-corrected chi connectivity index (χ3v) is 2.43. The van der Waals surface area contributed by atoms with Crippen molar-refractivity contribution in [2.45, 2.75) is 32.9 Å². The van der Waals surface area contributed by atoms with Gasteiger partial charge in [0.2, 0.25) is 0 Å². The van der Waals surface area contributed by atoms with Crippen LogP contribution < -0.4 is 5.32 Å². The summed E-state index contributed by atoms with van der Waals surface area (Å²) in [6, 6.07) is -0.0160. The molecule has 1 heterocycles. The fraction of sp³-hybridized carbons (Fsp3) is 0.636. The maximum atomic E-state index is 11.3. The zero-order chi connectivity index (χ0) is 12.0. The Morgan fingerprint density at radius 1 is 1.62 bits per heavy atom. The summed E-state index contributed by atoms with van der Waals surface area (Å²) in [6.45, 7) is 5.67. The molecule has 0 aliphatic heterocycles. The molecular formula is C11H19N3O2. The minimum absolute atomic E-state index is 0.0160. The Bertz CT molecular complexity index is 336. The first-order chi connectivity index (χ1) is 7.71. The lowest BCUT2D eigenvalue weighted by Crippen LogP contribution is -2.23. The Morgan fingerprint density at radius 2 is 2.38 bits per heavy atom. The Hall–Kier alpha value is -1.36. The number of aromatic nitrogens is 2. The van der Waals surface area contributed by atoms with E-state index in [4.69, 9.17) is 0 Å². The van der Waals surface area contributed by atoms with E-state index < -0.39 is 0 Å². The Balaban J connectivity index is 2.71. The summed E-state index contributed by atoms with van der Waals surface area (Å²) in [6.07, 6.45) is 4.08. The number of nitrogens with one attached hydrogen (secondary N) is 1.